The van der Waals surface area contributed by atoms with Gasteiger partial charge < -0.3 is 18.8 Å². The maximum Gasteiger partial charge on any atom is 0.257 e. The van der Waals surface area contributed by atoms with Gasteiger partial charge in [-0.05, 0) is 32.0 Å². The van der Waals surface area contributed by atoms with Crippen LogP contribution in [0.1, 0.15) is 27.4 Å². The smallest absolute Gasteiger partial charge is 0.257 e. The number of ether oxygens (including phenoxy) is 2. The van der Waals surface area contributed by atoms with E-state index < -0.39 is 0 Å². The lowest BCUT2D eigenvalue weighted by Gasteiger charge is -2.19. The minimum absolute atomic E-state index is 0.0766. The summed E-state index contributed by atoms with van der Waals surface area (Å²) in [7, 11) is 4.96. The average Bonchev–Trinajstić information content (AvgIpc) is 2.85. The van der Waals surface area contributed by atoms with Crippen LogP contribution in [0.5, 0.6) is 11.5 Å². The minimum atomic E-state index is -0.0766. The van der Waals surface area contributed by atoms with E-state index in [1.54, 1.807) is 45.2 Å². The molecular formula is C17H21NO4. The number of aryl methyl sites for hydroxylation is 2. The van der Waals surface area contributed by atoms with Gasteiger partial charge in [-0.15, -0.1) is 0 Å². The van der Waals surface area contributed by atoms with Gasteiger partial charge in [-0.25, -0.2) is 0 Å². The van der Waals surface area contributed by atoms with Crippen molar-refractivity contribution in [2.24, 2.45) is 0 Å². The van der Waals surface area contributed by atoms with Gasteiger partial charge in [-0.2, -0.15) is 0 Å². The third kappa shape index (κ3) is 3.24. The number of benzene rings is 1. The molecule has 0 radical (unpaired) electrons. The van der Waals surface area contributed by atoms with E-state index in [1.807, 2.05) is 19.1 Å². The summed E-state index contributed by atoms with van der Waals surface area (Å²) in [5, 5.41) is 0. The van der Waals surface area contributed by atoms with Crippen LogP contribution in [0.15, 0.2) is 28.7 Å². The molecule has 2 rings (SSSR count). The molecular weight excluding hydrogens is 282 g/mol. The van der Waals surface area contributed by atoms with Crippen molar-refractivity contribution in [1.29, 1.82) is 0 Å². The molecule has 22 heavy (non-hydrogen) atoms. The predicted octanol–water partition coefficient (Wildman–Crippen LogP) is 3.19. The molecule has 2 aromatic rings. The molecule has 1 amide bonds. The lowest BCUT2D eigenvalue weighted by atomic mass is 10.1. The number of nitrogens with zero attached hydrogens (tertiary/aromatic N) is 1. The van der Waals surface area contributed by atoms with E-state index in [0.717, 1.165) is 17.1 Å². The highest BCUT2D eigenvalue weighted by atomic mass is 16.5. The van der Waals surface area contributed by atoms with E-state index in [2.05, 4.69) is 0 Å². The molecule has 118 valence electrons. The molecule has 0 aliphatic carbocycles. The van der Waals surface area contributed by atoms with Crippen molar-refractivity contribution >= 4 is 5.91 Å². The Morgan fingerprint density at radius 2 is 1.91 bits per heavy atom. The third-order valence-corrected chi connectivity index (χ3v) is 3.52. The van der Waals surface area contributed by atoms with Crippen molar-refractivity contribution in [2.75, 3.05) is 21.3 Å². The molecule has 1 aromatic heterocycles. The predicted molar refractivity (Wildman–Crippen MR) is 83.5 cm³/mol. The second-order valence-corrected chi connectivity index (χ2v) is 5.17. The number of hydrogen-bond acceptors (Lipinski definition) is 4. The Balaban J connectivity index is 2.19. The number of furan rings is 1. The first kappa shape index (κ1) is 15.9. The van der Waals surface area contributed by atoms with E-state index in [4.69, 9.17) is 13.9 Å². The van der Waals surface area contributed by atoms with Gasteiger partial charge in [-0.1, -0.05) is 0 Å². The third-order valence-electron chi connectivity index (χ3n) is 3.52. The van der Waals surface area contributed by atoms with E-state index in [-0.39, 0.29) is 5.91 Å². The Labute approximate surface area is 130 Å². The highest BCUT2D eigenvalue weighted by Crippen LogP contribution is 2.26. The van der Waals surface area contributed by atoms with Crippen molar-refractivity contribution in [2.45, 2.75) is 20.4 Å². The molecule has 1 aromatic carbocycles. The van der Waals surface area contributed by atoms with Crippen LogP contribution >= 0.6 is 0 Å². The number of rotatable bonds is 5. The molecule has 0 fully saturated rings. The molecule has 0 saturated carbocycles. The van der Waals surface area contributed by atoms with Gasteiger partial charge in [0, 0.05) is 25.2 Å². The van der Waals surface area contributed by atoms with Gasteiger partial charge in [-0.3, -0.25) is 4.79 Å². The van der Waals surface area contributed by atoms with Gasteiger partial charge in [0.25, 0.3) is 5.91 Å². The number of hydrogen-bond donors (Lipinski definition) is 0. The maximum atomic E-state index is 12.5. The Kier molecular flexibility index (Phi) is 4.75. The van der Waals surface area contributed by atoms with Crippen LogP contribution in [0.25, 0.3) is 0 Å². The Morgan fingerprint density at radius 3 is 2.45 bits per heavy atom. The second kappa shape index (κ2) is 6.56. The summed E-state index contributed by atoms with van der Waals surface area (Å²) in [6, 6.07) is 7.32. The SMILES string of the molecule is COc1ccc(CN(C)C(=O)c2cc(C)oc2C)c(OC)c1. The average molecular weight is 303 g/mol. The van der Waals surface area contributed by atoms with Crippen LogP contribution in [-0.4, -0.2) is 32.1 Å². The first-order chi connectivity index (χ1) is 10.5. The van der Waals surface area contributed by atoms with Gasteiger partial charge >= 0.3 is 0 Å². The van der Waals surface area contributed by atoms with Crippen molar-refractivity contribution in [3.8, 4) is 11.5 Å². The van der Waals surface area contributed by atoms with E-state index in [0.29, 0.717) is 23.6 Å². The Bertz CT molecular complexity index is 675. The van der Waals surface area contributed by atoms with Crippen molar-refractivity contribution in [3.05, 3.63) is 46.9 Å². The van der Waals surface area contributed by atoms with E-state index in [9.17, 15) is 4.79 Å². The molecule has 0 saturated heterocycles. The largest absolute Gasteiger partial charge is 0.497 e. The van der Waals surface area contributed by atoms with Gasteiger partial charge in [0.15, 0.2) is 0 Å². The van der Waals surface area contributed by atoms with Crippen LogP contribution in [0.4, 0.5) is 0 Å². The number of carbonyl (C=O) groups is 1. The topological polar surface area (TPSA) is 51.9 Å². The van der Waals surface area contributed by atoms with Crippen LogP contribution in [0.3, 0.4) is 0 Å². The molecule has 1 heterocycles. The standard InChI is InChI=1S/C17H21NO4/c1-11-8-15(12(2)22-11)17(19)18(3)10-13-6-7-14(20-4)9-16(13)21-5/h6-9H,10H2,1-5H3. The zero-order chi connectivity index (χ0) is 16.3. The zero-order valence-corrected chi connectivity index (χ0v) is 13.6. The Morgan fingerprint density at radius 1 is 1.18 bits per heavy atom. The lowest BCUT2D eigenvalue weighted by Crippen LogP contribution is -2.26. The van der Waals surface area contributed by atoms with Crippen LogP contribution in [0, 0.1) is 13.8 Å². The fraction of sp³-hybridized carbons (Fsp3) is 0.353. The lowest BCUT2D eigenvalue weighted by molar-refractivity contribution is 0.0782. The molecule has 5 nitrogen and oxygen atoms in total. The molecule has 0 aliphatic heterocycles. The van der Waals surface area contributed by atoms with Crippen LogP contribution in [-0.2, 0) is 6.54 Å². The second-order valence-electron chi connectivity index (χ2n) is 5.17. The summed E-state index contributed by atoms with van der Waals surface area (Å²) in [5.74, 6) is 2.70. The quantitative estimate of drug-likeness (QED) is 0.851. The highest BCUT2D eigenvalue weighted by Gasteiger charge is 2.19. The first-order valence-electron chi connectivity index (χ1n) is 6.99. The van der Waals surface area contributed by atoms with E-state index in [1.165, 1.54) is 0 Å². The summed E-state index contributed by atoms with van der Waals surface area (Å²) < 4.78 is 16.0. The fourth-order valence-electron chi connectivity index (χ4n) is 2.36. The zero-order valence-electron chi connectivity index (χ0n) is 13.6. The minimum Gasteiger partial charge on any atom is -0.497 e. The molecule has 0 bridgehead atoms. The summed E-state index contributed by atoms with van der Waals surface area (Å²) in [4.78, 5) is 14.1. The summed E-state index contributed by atoms with van der Waals surface area (Å²) in [6.45, 7) is 4.06. The monoisotopic (exact) mass is 303 g/mol. The summed E-state index contributed by atoms with van der Waals surface area (Å²) in [6.07, 6.45) is 0. The van der Waals surface area contributed by atoms with Crippen molar-refractivity contribution in [3.63, 3.8) is 0 Å². The summed E-state index contributed by atoms with van der Waals surface area (Å²) in [5.41, 5.74) is 1.50. The fourth-order valence-corrected chi connectivity index (χ4v) is 2.36. The van der Waals surface area contributed by atoms with Crippen molar-refractivity contribution < 1.29 is 18.7 Å². The van der Waals surface area contributed by atoms with Gasteiger partial charge in [0.05, 0.1) is 19.8 Å². The normalized spacial score (nSPS) is 10.4. The number of methoxy groups -OCH3 is 2. The van der Waals surface area contributed by atoms with Gasteiger partial charge in [0.1, 0.15) is 23.0 Å². The highest BCUT2D eigenvalue weighted by molar-refractivity contribution is 5.95. The molecule has 0 atom stereocenters. The van der Waals surface area contributed by atoms with Gasteiger partial charge in [0.2, 0.25) is 0 Å². The molecule has 0 aliphatic rings. The van der Waals surface area contributed by atoms with Crippen LogP contribution in [0.2, 0.25) is 0 Å². The first-order valence-corrected chi connectivity index (χ1v) is 6.99. The molecule has 0 N–H and O–H groups in total. The molecule has 5 heteroatoms. The number of amides is 1. The van der Waals surface area contributed by atoms with Crippen LogP contribution < -0.4 is 9.47 Å². The summed E-state index contributed by atoms with van der Waals surface area (Å²) >= 11 is 0. The molecule has 0 spiro atoms. The number of carbonyl (C=O) groups excluding carboxylic acids is 1. The van der Waals surface area contributed by atoms with E-state index >= 15 is 0 Å². The maximum absolute atomic E-state index is 12.5. The Hall–Kier alpha value is -2.43. The molecule has 0 unspecified atom stereocenters. The van der Waals surface area contributed by atoms with Crippen molar-refractivity contribution in [1.82, 2.24) is 4.90 Å².